The maximum absolute atomic E-state index is 11.8. The van der Waals surface area contributed by atoms with Crippen molar-refractivity contribution in [3.05, 3.63) is 12.2 Å². The first kappa shape index (κ1) is 13.2. The van der Waals surface area contributed by atoms with E-state index in [0.29, 0.717) is 6.61 Å². The van der Waals surface area contributed by atoms with E-state index >= 15 is 0 Å². The van der Waals surface area contributed by atoms with Gasteiger partial charge in [-0.05, 0) is 19.8 Å². The minimum atomic E-state index is 0.0919. The number of hydrogen-bond donors (Lipinski definition) is 0. The van der Waals surface area contributed by atoms with E-state index in [1.807, 2.05) is 37.8 Å². The van der Waals surface area contributed by atoms with Crippen molar-refractivity contribution in [2.45, 2.75) is 39.7 Å². The maximum atomic E-state index is 11.8. The van der Waals surface area contributed by atoms with Gasteiger partial charge in [0.1, 0.15) is 0 Å². The van der Waals surface area contributed by atoms with Gasteiger partial charge in [-0.1, -0.05) is 26.0 Å². The first-order chi connectivity index (χ1) is 7.65. The van der Waals surface area contributed by atoms with E-state index in [1.54, 1.807) is 0 Å². The molecule has 1 amide bonds. The van der Waals surface area contributed by atoms with Gasteiger partial charge in [-0.2, -0.15) is 0 Å². The molecule has 0 saturated carbocycles. The molecule has 0 bridgehead atoms. The van der Waals surface area contributed by atoms with Crippen molar-refractivity contribution >= 4 is 5.91 Å². The Hall–Kier alpha value is -0.830. The molecule has 1 aliphatic heterocycles. The van der Waals surface area contributed by atoms with Crippen molar-refractivity contribution in [2.24, 2.45) is 5.92 Å². The van der Waals surface area contributed by atoms with Crippen LogP contribution in [0.5, 0.6) is 0 Å². The molecule has 3 nitrogen and oxygen atoms in total. The Bertz CT molecular complexity index is 248. The number of allylic oxidation sites excluding steroid dienone is 1. The van der Waals surface area contributed by atoms with Crippen LogP contribution in [0.3, 0.4) is 0 Å². The predicted octanol–water partition coefficient (Wildman–Crippen LogP) is 2.23. The number of rotatable bonds is 4. The summed E-state index contributed by atoms with van der Waals surface area (Å²) in [6, 6.07) is 0. The highest BCUT2D eigenvalue weighted by Gasteiger charge is 2.25. The van der Waals surface area contributed by atoms with Crippen LogP contribution in [-0.2, 0) is 9.53 Å². The number of likely N-dealkylation sites (tertiary alicyclic amines) is 1. The third-order valence-corrected chi connectivity index (χ3v) is 2.85. The average molecular weight is 225 g/mol. The van der Waals surface area contributed by atoms with Crippen LogP contribution in [0.2, 0.25) is 0 Å². The van der Waals surface area contributed by atoms with Crippen molar-refractivity contribution in [1.82, 2.24) is 4.90 Å². The van der Waals surface area contributed by atoms with Gasteiger partial charge in [-0.3, -0.25) is 4.79 Å². The zero-order valence-corrected chi connectivity index (χ0v) is 10.6. The number of carbonyl (C=O) groups excluding carboxylic acids is 1. The smallest absolute Gasteiger partial charge is 0.225 e. The molecule has 0 N–H and O–H groups in total. The summed E-state index contributed by atoms with van der Waals surface area (Å²) in [5.74, 6) is 0.341. The third-order valence-electron chi connectivity index (χ3n) is 2.85. The van der Waals surface area contributed by atoms with Crippen LogP contribution in [0.1, 0.15) is 33.6 Å². The van der Waals surface area contributed by atoms with Crippen molar-refractivity contribution in [3.8, 4) is 0 Å². The lowest BCUT2D eigenvalue weighted by atomic mass is 10.1. The van der Waals surface area contributed by atoms with E-state index in [9.17, 15) is 4.79 Å². The zero-order valence-electron chi connectivity index (χ0n) is 10.6. The number of piperidine rings is 1. The fraction of sp³-hybridized carbons (Fsp3) is 0.769. The minimum Gasteiger partial charge on any atom is -0.372 e. The summed E-state index contributed by atoms with van der Waals surface area (Å²) in [5.41, 5.74) is 0. The second-order valence-electron chi connectivity index (χ2n) is 4.61. The summed E-state index contributed by atoms with van der Waals surface area (Å²) in [6.07, 6.45) is 6.33. The molecule has 1 unspecified atom stereocenters. The van der Waals surface area contributed by atoms with Gasteiger partial charge in [0, 0.05) is 19.0 Å². The van der Waals surface area contributed by atoms with Gasteiger partial charge in [0.15, 0.2) is 0 Å². The first-order valence-corrected chi connectivity index (χ1v) is 6.16. The summed E-state index contributed by atoms with van der Waals surface area (Å²) in [5, 5.41) is 0. The summed E-state index contributed by atoms with van der Waals surface area (Å²) < 4.78 is 5.70. The Morgan fingerprint density at radius 2 is 2.31 bits per heavy atom. The van der Waals surface area contributed by atoms with Crippen LogP contribution in [0, 0.1) is 5.92 Å². The molecule has 1 aliphatic rings. The molecule has 1 saturated heterocycles. The lowest BCUT2D eigenvalue weighted by Gasteiger charge is -2.33. The average Bonchev–Trinajstić information content (AvgIpc) is 2.29. The van der Waals surface area contributed by atoms with E-state index in [2.05, 4.69) is 0 Å². The van der Waals surface area contributed by atoms with Gasteiger partial charge in [-0.25, -0.2) is 0 Å². The second kappa shape index (κ2) is 6.69. The lowest BCUT2D eigenvalue weighted by molar-refractivity contribution is -0.138. The quantitative estimate of drug-likeness (QED) is 0.687. The van der Waals surface area contributed by atoms with Crippen molar-refractivity contribution in [1.29, 1.82) is 0 Å². The Kier molecular flexibility index (Phi) is 5.53. The molecule has 1 atom stereocenters. The molecule has 1 fully saturated rings. The summed E-state index contributed by atoms with van der Waals surface area (Å²) >= 11 is 0. The van der Waals surface area contributed by atoms with Gasteiger partial charge in [0.25, 0.3) is 0 Å². The standard InChI is InChI=1S/C13H23NO2/c1-4-5-9-16-12-7-6-8-14(10-12)13(15)11(2)3/h4-5,11-12H,6-10H2,1-3H3/b5-4-. The fourth-order valence-corrected chi connectivity index (χ4v) is 1.93. The van der Waals surface area contributed by atoms with E-state index < -0.39 is 0 Å². The molecule has 0 spiro atoms. The van der Waals surface area contributed by atoms with Gasteiger partial charge in [0.2, 0.25) is 5.91 Å². The second-order valence-corrected chi connectivity index (χ2v) is 4.61. The number of nitrogens with zero attached hydrogens (tertiary/aromatic N) is 1. The third kappa shape index (κ3) is 3.97. The van der Waals surface area contributed by atoms with Crippen LogP contribution < -0.4 is 0 Å². The maximum Gasteiger partial charge on any atom is 0.225 e. The van der Waals surface area contributed by atoms with E-state index in [-0.39, 0.29) is 17.9 Å². The van der Waals surface area contributed by atoms with Crippen LogP contribution in [0.25, 0.3) is 0 Å². The molecule has 3 heteroatoms. The SMILES string of the molecule is C/C=C\COC1CCCN(C(=O)C(C)C)C1. The predicted molar refractivity (Wildman–Crippen MR) is 65.2 cm³/mol. The van der Waals surface area contributed by atoms with Gasteiger partial charge < -0.3 is 9.64 Å². The number of hydrogen-bond acceptors (Lipinski definition) is 2. The molecule has 1 heterocycles. The molecule has 0 aliphatic carbocycles. The molecule has 1 rings (SSSR count). The molecule has 0 aromatic carbocycles. The summed E-state index contributed by atoms with van der Waals surface area (Å²) in [4.78, 5) is 13.8. The molecule has 0 aromatic rings. The largest absolute Gasteiger partial charge is 0.372 e. The Morgan fingerprint density at radius 3 is 2.94 bits per heavy atom. The van der Waals surface area contributed by atoms with Crippen molar-refractivity contribution in [3.63, 3.8) is 0 Å². The minimum absolute atomic E-state index is 0.0919. The Morgan fingerprint density at radius 1 is 1.56 bits per heavy atom. The highest BCUT2D eigenvalue weighted by atomic mass is 16.5. The van der Waals surface area contributed by atoms with Crippen LogP contribution in [0.15, 0.2) is 12.2 Å². The summed E-state index contributed by atoms with van der Waals surface area (Å²) in [6.45, 7) is 8.19. The Balaban J connectivity index is 2.38. The molecule has 16 heavy (non-hydrogen) atoms. The normalized spacial score (nSPS) is 22.0. The molecular weight excluding hydrogens is 202 g/mol. The van der Waals surface area contributed by atoms with Crippen LogP contribution >= 0.6 is 0 Å². The monoisotopic (exact) mass is 225 g/mol. The molecule has 0 aromatic heterocycles. The van der Waals surface area contributed by atoms with Crippen LogP contribution in [0.4, 0.5) is 0 Å². The van der Waals surface area contributed by atoms with Crippen molar-refractivity contribution in [2.75, 3.05) is 19.7 Å². The number of carbonyl (C=O) groups is 1. The Labute approximate surface area is 98.5 Å². The topological polar surface area (TPSA) is 29.5 Å². The van der Waals surface area contributed by atoms with Crippen LogP contribution in [-0.4, -0.2) is 36.6 Å². The van der Waals surface area contributed by atoms with E-state index in [1.165, 1.54) is 0 Å². The number of ether oxygens (including phenoxy) is 1. The fourth-order valence-electron chi connectivity index (χ4n) is 1.93. The van der Waals surface area contributed by atoms with Gasteiger partial charge in [-0.15, -0.1) is 0 Å². The molecule has 92 valence electrons. The first-order valence-electron chi connectivity index (χ1n) is 6.16. The lowest BCUT2D eigenvalue weighted by Crippen LogP contribution is -2.44. The molecule has 0 radical (unpaired) electrons. The number of amides is 1. The van der Waals surface area contributed by atoms with E-state index in [4.69, 9.17) is 4.74 Å². The van der Waals surface area contributed by atoms with Gasteiger partial charge in [0.05, 0.1) is 12.7 Å². The zero-order chi connectivity index (χ0) is 12.0. The van der Waals surface area contributed by atoms with Crippen molar-refractivity contribution < 1.29 is 9.53 Å². The van der Waals surface area contributed by atoms with Gasteiger partial charge >= 0.3 is 0 Å². The highest BCUT2D eigenvalue weighted by Crippen LogP contribution is 2.15. The molecular formula is C13H23NO2. The summed E-state index contributed by atoms with van der Waals surface area (Å²) in [7, 11) is 0. The highest BCUT2D eigenvalue weighted by molar-refractivity contribution is 5.78. The van der Waals surface area contributed by atoms with E-state index in [0.717, 1.165) is 25.9 Å².